The molecular weight excluding hydrogens is 351 g/mol. The van der Waals surface area contributed by atoms with Crippen LogP contribution in [0.3, 0.4) is 0 Å². The van der Waals surface area contributed by atoms with E-state index in [4.69, 9.17) is 5.73 Å². The molecule has 0 amide bonds. The van der Waals surface area contributed by atoms with Gasteiger partial charge in [0.05, 0.1) is 0 Å². The predicted octanol–water partition coefficient (Wildman–Crippen LogP) is 2.43. The summed E-state index contributed by atoms with van der Waals surface area (Å²) in [5, 5.41) is 0. The summed E-state index contributed by atoms with van der Waals surface area (Å²) >= 11 is 0. The average Bonchev–Trinajstić information content (AvgIpc) is 2.69. The van der Waals surface area contributed by atoms with Crippen molar-refractivity contribution in [3.05, 3.63) is 30.1 Å². The van der Waals surface area contributed by atoms with Gasteiger partial charge in [-0.15, -0.1) is 24.0 Å². The summed E-state index contributed by atoms with van der Waals surface area (Å²) in [6.45, 7) is 2.86. The van der Waals surface area contributed by atoms with Crippen molar-refractivity contribution in [1.29, 1.82) is 0 Å². The Balaban J connectivity index is 0.00000180. The van der Waals surface area contributed by atoms with Crippen molar-refractivity contribution in [1.82, 2.24) is 9.88 Å². The summed E-state index contributed by atoms with van der Waals surface area (Å²) in [5.41, 5.74) is 7.26. The van der Waals surface area contributed by atoms with Crippen LogP contribution < -0.4 is 5.73 Å². The lowest BCUT2D eigenvalue weighted by molar-refractivity contribution is 0.428. The lowest BCUT2D eigenvalue weighted by atomic mass is 10.2. The summed E-state index contributed by atoms with van der Waals surface area (Å²) in [6.07, 6.45) is 9.69. The van der Waals surface area contributed by atoms with Gasteiger partial charge in [0.2, 0.25) is 0 Å². The van der Waals surface area contributed by atoms with E-state index < -0.39 is 0 Å². The summed E-state index contributed by atoms with van der Waals surface area (Å²) in [5.74, 6) is 0.709. The number of aromatic nitrogens is 1. The Hall–Kier alpha value is -0.850. The van der Waals surface area contributed by atoms with Gasteiger partial charge >= 0.3 is 0 Å². The van der Waals surface area contributed by atoms with Crippen LogP contribution in [0.4, 0.5) is 0 Å². The number of halogens is 1. The zero-order valence-corrected chi connectivity index (χ0v) is 13.6. The normalized spacial score (nSPS) is 16.6. The molecule has 106 valence electrons. The molecule has 2 rings (SSSR count). The van der Waals surface area contributed by atoms with Gasteiger partial charge in [0, 0.05) is 32.0 Å². The molecule has 0 saturated carbocycles. The van der Waals surface area contributed by atoms with E-state index in [-0.39, 0.29) is 24.0 Å². The van der Waals surface area contributed by atoms with E-state index in [2.05, 4.69) is 20.9 Å². The van der Waals surface area contributed by atoms with Crippen LogP contribution in [0.5, 0.6) is 0 Å². The maximum absolute atomic E-state index is 6.04. The van der Waals surface area contributed by atoms with Crippen LogP contribution in [0.25, 0.3) is 0 Å². The number of hydrogen-bond acceptors (Lipinski definition) is 2. The number of nitrogens with two attached hydrogens (primary N) is 1. The third-order valence-corrected chi connectivity index (χ3v) is 3.33. The van der Waals surface area contributed by atoms with Gasteiger partial charge in [-0.25, -0.2) is 0 Å². The van der Waals surface area contributed by atoms with Crippen LogP contribution in [0.2, 0.25) is 0 Å². The first-order chi connectivity index (χ1) is 8.86. The van der Waals surface area contributed by atoms with Crippen molar-refractivity contribution in [3.8, 4) is 0 Å². The molecule has 0 atom stereocenters. The largest absolute Gasteiger partial charge is 0.370 e. The number of pyridine rings is 1. The minimum atomic E-state index is 0. The quantitative estimate of drug-likeness (QED) is 0.502. The molecule has 19 heavy (non-hydrogen) atoms. The smallest absolute Gasteiger partial charge is 0.191 e. The molecule has 0 radical (unpaired) electrons. The summed E-state index contributed by atoms with van der Waals surface area (Å²) in [7, 11) is 0. The van der Waals surface area contributed by atoms with Crippen LogP contribution in [-0.4, -0.2) is 35.5 Å². The minimum Gasteiger partial charge on any atom is -0.370 e. The highest BCUT2D eigenvalue weighted by atomic mass is 127. The molecule has 1 aromatic heterocycles. The molecule has 0 aromatic carbocycles. The first-order valence-corrected chi connectivity index (χ1v) is 6.80. The van der Waals surface area contributed by atoms with Gasteiger partial charge in [0.1, 0.15) is 0 Å². The predicted molar refractivity (Wildman–Crippen MR) is 89.9 cm³/mol. The molecule has 1 aromatic rings. The molecule has 1 aliphatic heterocycles. The van der Waals surface area contributed by atoms with Crippen molar-refractivity contribution >= 4 is 29.9 Å². The molecule has 1 saturated heterocycles. The summed E-state index contributed by atoms with van der Waals surface area (Å²) in [6, 6.07) is 4.03. The number of likely N-dealkylation sites (tertiary alicyclic amines) is 1. The van der Waals surface area contributed by atoms with Gasteiger partial charge in [-0.1, -0.05) is 18.9 Å². The fourth-order valence-corrected chi connectivity index (χ4v) is 2.25. The average molecular weight is 374 g/mol. The minimum absolute atomic E-state index is 0. The number of guanidine groups is 1. The number of nitrogens with zero attached hydrogens (tertiary/aromatic N) is 3. The third-order valence-electron chi connectivity index (χ3n) is 3.33. The van der Waals surface area contributed by atoms with Gasteiger partial charge in [0.25, 0.3) is 0 Å². The number of aliphatic imine (C=N–C) groups is 1. The van der Waals surface area contributed by atoms with E-state index in [0.29, 0.717) is 5.96 Å². The van der Waals surface area contributed by atoms with Crippen molar-refractivity contribution in [3.63, 3.8) is 0 Å². The maximum Gasteiger partial charge on any atom is 0.191 e. The molecular formula is C14H23IN4. The van der Waals surface area contributed by atoms with Gasteiger partial charge in [-0.3, -0.25) is 9.98 Å². The maximum atomic E-state index is 6.04. The Labute approximate surface area is 132 Å². The number of rotatable bonds is 3. The number of hydrogen-bond donors (Lipinski definition) is 1. The van der Waals surface area contributed by atoms with E-state index in [9.17, 15) is 0 Å². The third kappa shape index (κ3) is 5.76. The monoisotopic (exact) mass is 374 g/mol. The van der Waals surface area contributed by atoms with Gasteiger partial charge in [-0.2, -0.15) is 0 Å². The first kappa shape index (κ1) is 16.2. The standard InChI is InChI=1S/C14H22N4.HI/c15-14(18-10-3-1-2-4-11-18)17-9-7-13-6-5-8-16-12-13;/h5-6,8,12H,1-4,7,9-11H2,(H2,15,17);1H. The van der Waals surface area contributed by atoms with E-state index in [1.54, 1.807) is 6.20 Å². The van der Waals surface area contributed by atoms with E-state index >= 15 is 0 Å². The molecule has 4 nitrogen and oxygen atoms in total. The van der Waals surface area contributed by atoms with Crippen LogP contribution in [-0.2, 0) is 6.42 Å². The SMILES string of the molecule is I.NC(=NCCc1cccnc1)N1CCCCCC1. The van der Waals surface area contributed by atoms with Gasteiger partial charge in [-0.05, 0) is 30.9 Å². The zero-order chi connectivity index (χ0) is 12.6. The molecule has 1 fully saturated rings. The van der Waals surface area contributed by atoms with Crippen LogP contribution in [0, 0.1) is 0 Å². The molecule has 0 spiro atoms. The van der Waals surface area contributed by atoms with Crippen molar-refractivity contribution < 1.29 is 0 Å². The molecule has 0 unspecified atom stereocenters. The van der Waals surface area contributed by atoms with Crippen LogP contribution in [0.1, 0.15) is 31.2 Å². The Morgan fingerprint density at radius 3 is 2.63 bits per heavy atom. The van der Waals surface area contributed by atoms with Crippen molar-refractivity contribution in [2.75, 3.05) is 19.6 Å². The lowest BCUT2D eigenvalue weighted by Crippen LogP contribution is -2.38. The second-order valence-corrected chi connectivity index (χ2v) is 4.75. The van der Waals surface area contributed by atoms with Crippen molar-refractivity contribution in [2.24, 2.45) is 10.7 Å². The molecule has 5 heteroatoms. The molecule has 2 N–H and O–H groups in total. The molecule has 0 bridgehead atoms. The zero-order valence-electron chi connectivity index (χ0n) is 11.3. The second-order valence-electron chi connectivity index (χ2n) is 4.75. The fraction of sp³-hybridized carbons (Fsp3) is 0.571. The second kappa shape index (κ2) is 9.12. The van der Waals surface area contributed by atoms with Gasteiger partial charge in [0.15, 0.2) is 5.96 Å². The summed E-state index contributed by atoms with van der Waals surface area (Å²) < 4.78 is 0. The Bertz CT molecular complexity index is 372. The highest BCUT2D eigenvalue weighted by Crippen LogP contribution is 2.09. The van der Waals surface area contributed by atoms with Crippen LogP contribution >= 0.6 is 24.0 Å². The molecule has 2 heterocycles. The van der Waals surface area contributed by atoms with Crippen molar-refractivity contribution in [2.45, 2.75) is 32.1 Å². The van der Waals surface area contributed by atoms with Gasteiger partial charge < -0.3 is 10.6 Å². The fourth-order valence-electron chi connectivity index (χ4n) is 2.25. The van der Waals surface area contributed by atoms with E-state index in [0.717, 1.165) is 26.1 Å². The Kier molecular flexibility index (Phi) is 7.78. The highest BCUT2D eigenvalue weighted by molar-refractivity contribution is 14.0. The van der Waals surface area contributed by atoms with E-state index in [1.165, 1.54) is 31.2 Å². The molecule has 0 aliphatic carbocycles. The van der Waals surface area contributed by atoms with E-state index in [1.807, 2.05) is 12.3 Å². The highest BCUT2D eigenvalue weighted by Gasteiger charge is 2.10. The Morgan fingerprint density at radius 1 is 1.26 bits per heavy atom. The summed E-state index contributed by atoms with van der Waals surface area (Å²) in [4.78, 5) is 10.8. The topological polar surface area (TPSA) is 54.5 Å². The Morgan fingerprint density at radius 2 is 2.00 bits per heavy atom. The molecule has 1 aliphatic rings. The first-order valence-electron chi connectivity index (χ1n) is 6.80. The van der Waals surface area contributed by atoms with Crippen LogP contribution in [0.15, 0.2) is 29.5 Å². The lowest BCUT2D eigenvalue weighted by Gasteiger charge is -2.21.